The molecule has 1 aromatic heterocycles. The van der Waals surface area contributed by atoms with Gasteiger partial charge in [-0.2, -0.15) is 0 Å². The molecule has 0 fully saturated rings. The Labute approximate surface area is 116 Å². The number of carbonyl (C=O) groups is 1. The Hall–Kier alpha value is -2.44. The van der Waals surface area contributed by atoms with E-state index in [1.165, 1.54) is 4.68 Å². The van der Waals surface area contributed by atoms with E-state index in [0.29, 0.717) is 11.6 Å². The van der Waals surface area contributed by atoms with Gasteiger partial charge in [0.2, 0.25) is 0 Å². The molecule has 0 saturated carbocycles. The fraction of sp³-hybridized carbons (Fsp3) is 0.385. The molecule has 0 radical (unpaired) electrons. The average Bonchev–Trinajstić information content (AvgIpc) is 2.84. The van der Waals surface area contributed by atoms with Gasteiger partial charge in [-0.25, -0.2) is 4.68 Å². The highest BCUT2D eigenvalue weighted by atomic mass is 16.5. The first-order valence-corrected chi connectivity index (χ1v) is 6.15. The summed E-state index contributed by atoms with van der Waals surface area (Å²) in [6.07, 6.45) is 0. The van der Waals surface area contributed by atoms with Gasteiger partial charge in [0.25, 0.3) is 0 Å². The molecule has 0 unspecified atom stereocenters. The summed E-state index contributed by atoms with van der Waals surface area (Å²) < 4.78 is 7.01. The van der Waals surface area contributed by atoms with E-state index in [1.807, 2.05) is 30.3 Å². The molecule has 0 aliphatic carbocycles. The normalized spacial score (nSPS) is 11.3. The number of aliphatic carboxylic acids is 1. The average molecular weight is 276 g/mol. The quantitative estimate of drug-likeness (QED) is 0.856. The summed E-state index contributed by atoms with van der Waals surface area (Å²) in [7, 11) is 0. The van der Waals surface area contributed by atoms with Crippen molar-refractivity contribution < 1.29 is 14.6 Å². The Bertz CT molecular complexity index is 580. The summed E-state index contributed by atoms with van der Waals surface area (Å²) in [6, 6.07) is 9.29. The van der Waals surface area contributed by atoms with E-state index in [2.05, 4.69) is 15.5 Å². The van der Waals surface area contributed by atoms with Gasteiger partial charge in [-0.1, -0.05) is 18.2 Å². The van der Waals surface area contributed by atoms with Crippen molar-refractivity contribution in [3.8, 4) is 5.75 Å². The second-order valence-electron chi connectivity index (χ2n) is 5.04. The van der Waals surface area contributed by atoms with Crippen molar-refractivity contribution in [1.29, 1.82) is 0 Å². The maximum atomic E-state index is 11.1. The molecule has 106 valence electrons. The molecule has 0 saturated heterocycles. The van der Waals surface area contributed by atoms with Crippen LogP contribution >= 0.6 is 0 Å². The number of rotatable bonds is 6. The Morgan fingerprint density at radius 2 is 2.05 bits per heavy atom. The van der Waals surface area contributed by atoms with E-state index in [-0.39, 0.29) is 13.2 Å². The third-order valence-corrected chi connectivity index (χ3v) is 2.84. The molecule has 2 aromatic rings. The lowest BCUT2D eigenvalue weighted by Gasteiger charge is -2.19. The highest BCUT2D eigenvalue weighted by Gasteiger charge is 2.29. The molecule has 20 heavy (non-hydrogen) atoms. The Morgan fingerprint density at radius 1 is 1.35 bits per heavy atom. The highest BCUT2D eigenvalue weighted by molar-refractivity contribution is 5.73. The monoisotopic (exact) mass is 276 g/mol. The lowest BCUT2D eigenvalue weighted by atomic mass is 9.94. The minimum Gasteiger partial charge on any atom is -0.486 e. The zero-order valence-corrected chi connectivity index (χ0v) is 11.4. The molecule has 1 heterocycles. The number of aromatic nitrogens is 4. The van der Waals surface area contributed by atoms with Crippen LogP contribution in [0.2, 0.25) is 0 Å². The molecule has 0 bridgehead atoms. The van der Waals surface area contributed by atoms with E-state index in [0.717, 1.165) is 0 Å². The molecule has 0 spiro atoms. The van der Waals surface area contributed by atoms with Crippen LogP contribution < -0.4 is 4.74 Å². The lowest BCUT2D eigenvalue weighted by molar-refractivity contribution is -0.147. The van der Waals surface area contributed by atoms with Crippen LogP contribution in [-0.4, -0.2) is 31.3 Å². The van der Waals surface area contributed by atoms with Crippen molar-refractivity contribution in [2.45, 2.75) is 27.0 Å². The molecule has 0 amide bonds. The van der Waals surface area contributed by atoms with Crippen LogP contribution in [0.4, 0.5) is 0 Å². The minimum absolute atomic E-state index is 0.183. The van der Waals surface area contributed by atoms with Crippen LogP contribution in [0.1, 0.15) is 19.7 Å². The molecule has 7 heteroatoms. The number of carboxylic acid groups (broad SMARTS) is 1. The van der Waals surface area contributed by atoms with Crippen molar-refractivity contribution in [2.24, 2.45) is 5.41 Å². The molecule has 1 aromatic carbocycles. The van der Waals surface area contributed by atoms with Crippen LogP contribution in [0.3, 0.4) is 0 Å². The van der Waals surface area contributed by atoms with Gasteiger partial charge in [0.1, 0.15) is 12.4 Å². The maximum Gasteiger partial charge on any atom is 0.310 e. The third-order valence-electron chi connectivity index (χ3n) is 2.84. The fourth-order valence-corrected chi connectivity index (χ4v) is 1.56. The number of carboxylic acids is 1. The molecule has 0 atom stereocenters. The van der Waals surface area contributed by atoms with Gasteiger partial charge in [-0.15, -0.1) is 5.10 Å². The zero-order valence-electron chi connectivity index (χ0n) is 11.4. The fourth-order valence-electron chi connectivity index (χ4n) is 1.56. The standard InChI is InChI=1S/C13H16N4O3/c1-13(2,12(18)19)9-17-11(14-15-16-17)8-20-10-6-4-3-5-7-10/h3-7H,8-9H2,1-2H3,(H,18,19). The van der Waals surface area contributed by atoms with Crippen LogP contribution in [0.25, 0.3) is 0 Å². The van der Waals surface area contributed by atoms with Crippen LogP contribution in [0.5, 0.6) is 5.75 Å². The Kier molecular flexibility index (Phi) is 3.97. The molecule has 1 N–H and O–H groups in total. The first-order valence-electron chi connectivity index (χ1n) is 6.15. The first kappa shape index (κ1) is 14.0. The second-order valence-corrected chi connectivity index (χ2v) is 5.04. The summed E-state index contributed by atoms with van der Waals surface area (Å²) in [6.45, 7) is 3.62. The molecular weight excluding hydrogens is 260 g/mol. The predicted molar refractivity (Wildman–Crippen MR) is 70.0 cm³/mol. The molecule has 0 aliphatic heterocycles. The number of hydrogen-bond acceptors (Lipinski definition) is 5. The number of benzene rings is 1. The van der Waals surface area contributed by atoms with E-state index in [1.54, 1.807) is 13.8 Å². The topological polar surface area (TPSA) is 90.1 Å². The van der Waals surface area contributed by atoms with E-state index < -0.39 is 11.4 Å². The number of para-hydroxylation sites is 1. The molecular formula is C13H16N4O3. The molecule has 0 aliphatic rings. The van der Waals surface area contributed by atoms with Gasteiger partial charge < -0.3 is 9.84 Å². The molecule has 2 rings (SSSR count). The van der Waals surface area contributed by atoms with Crippen molar-refractivity contribution in [3.63, 3.8) is 0 Å². The van der Waals surface area contributed by atoms with Crippen molar-refractivity contribution in [3.05, 3.63) is 36.2 Å². The predicted octanol–water partition coefficient (Wildman–Crippen LogP) is 1.36. The summed E-state index contributed by atoms with van der Waals surface area (Å²) >= 11 is 0. The van der Waals surface area contributed by atoms with Gasteiger partial charge in [0, 0.05) is 0 Å². The van der Waals surface area contributed by atoms with Gasteiger partial charge in [0.15, 0.2) is 5.82 Å². The van der Waals surface area contributed by atoms with Crippen molar-refractivity contribution in [1.82, 2.24) is 20.2 Å². The number of tetrazole rings is 1. The van der Waals surface area contributed by atoms with Gasteiger partial charge in [-0.3, -0.25) is 4.79 Å². The minimum atomic E-state index is -0.948. The Morgan fingerprint density at radius 3 is 2.70 bits per heavy atom. The lowest BCUT2D eigenvalue weighted by Crippen LogP contribution is -2.30. The maximum absolute atomic E-state index is 11.1. The van der Waals surface area contributed by atoms with Crippen molar-refractivity contribution in [2.75, 3.05) is 0 Å². The zero-order chi connectivity index (χ0) is 14.6. The summed E-state index contributed by atoms with van der Waals surface area (Å²) in [5.74, 6) is 0.297. The Balaban J connectivity index is 2.04. The first-order chi connectivity index (χ1) is 9.49. The largest absolute Gasteiger partial charge is 0.486 e. The van der Waals surface area contributed by atoms with Crippen LogP contribution in [0, 0.1) is 5.41 Å². The van der Waals surface area contributed by atoms with Crippen molar-refractivity contribution >= 4 is 5.97 Å². The van der Waals surface area contributed by atoms with E-state index in [4.69, 9.17) is 9.84 Å². The van der Waals surface area contributed by atoms with E-state index >= 15 is 0 Å². The van der Waals surface area contributed by atoms with Crippen LogP contribution in [-0.2, 0) is 17.9 Å². The number of hydrogen-bond donors (Lipinski definition) is 1. The van der Waals surface area contributed by atoms with Gasteiger partial charge in [-0.05, 0) is 36.4 Å². The van der Waals surface area contributed by atoms with Gasteiger partial charge >= 0.3 is 5.97 Å². The van der Waals surface area contributed by atoms with Crippen LogP contribution in [0.15, 0.2) is 30.3 Å². The summed E-state index contributed by atoms with van der Waals surface area (Å²) in [5.41, 5.74) is -0.948. The summed E-state index contributed by atoms with van der Waals surface area (Å²) in [5, 5.41) is 20.4. The SMILES string of the molecule is CC(C)(Cn1nnnc1COc1ccccc1)C(=O)O. The number of nitrogens with zero attached hydrogens (tertiary/aromatic N) is 4. The smallest absolute Gasteiger partial charge is 0.310 e. The van der Waals surface area contributed by atoms with Gasteiger partial charge in [0.05, 0.1) is 12.0 Å². The number of ether oxygens (including phenoxy) is 1. The second kappa shape index (κ2) is 5.68. The third kappa shape index (κ3) is 3.31. The highest BCUT2D eigenvalue weighted by Crippen LogP contribution is 2.18. The molecule has 7 nitrogen and oxygen atoms in total. The summed E-state index contributed by atoms with van der Waals surface area (Å²) in [4.78, 5) is 11.1. The van der Waals surface area contributed by atoms with E-state index in [9.17, 15) is 4.79 Å².